The first-order chi connectivity index (χ1) is 9.77. The lowest BCUT2D eigenvalue weighted by molar-refractivity contribution is 0.300. The molecule has 1 aliphatic rings. The second-order valence-electron chi connectivity index (χ2n) is 5.75. The van der Waals surface area contributed by atoms with Crippen LogP contribution in [0.4, 0.5) is 0 Å². The summed E-state index contributed by atoms with van der Waals surface area (Å²) < 4.78 is 11.3. The van der Waals surface area contributed by atoms with Gasteiger partial charge in [0.05, 0.1) is 12.5 Å². The highest BCUT2D eigenvalue weighted by atomic mass is 16.5. The summed E-state index contributed by atoms with van der Waals surface area (Å²) in [6.07, 6.45) is 7.14. The average molecular weight is 274 g/mol. The molecule has 0 amide bonds. The minimum Gasteiger partial charge on any atom is -0.497 e. The number of methoxy groups -OCH3 is 1. The summed E-state index contributed by atoms with van der Waals surface area (Å²) in [7, 11) is 1.66. The number of fused-ring (bicyclic) bond motifs is 1. The molecule has 1 aromatic carbocycles. The van der Waals surface area contributed by atoms with Crippen LogP contribution < -0.4 is 10.5 Å². The van der Waals surface area contributed by atoms with Gasteiger partial charge in [-0.3, -0.25) is 0 Å². The van der Waals surface area contributed by atoms with Gasteiger partial charge in [0.2, 0.25) is 5.89 Å². The largest absolute Gasteiger partial charge is 0.497 e. The SMILES string of the molecule is COc1ccc2oc(C3(CN)CCCCCC3)nc2c1. The summed E-state index contributed by atoms with van der Waals surface area (Å²) in [5.41, 5.74) is 7.69. The molecule has 0 saturated heterocycles. The molecule has 2 aromatic rings. The van der Waals surface area contributed by atoms with Crippen molar-refractivity contribution >= 4 is 11.1 Å². The second-order valence-corrected chi connectivity index (χ2v) is 5.75. The first-order valence-electron chi connectivity index (χ1n) is 7.42. The fourth-order valence-electron chi connectivity index (χ4n) is 3.17. The van der Waals surface area contributed by atoms with E-state index in [1.807, 2.05) is 18.2 Å². The smallest absolute Gasteiger partial charge is 0.202 e. The van der Waals surface area contributed by atoms with Gasteiger partial charge in [-0.1, -0.05) is 25.7 Å². The van der Waals surface area contributed by atoms with Crippen LogP contribution in [0.3, 0.4) is 0 Å². The predicted molar refractivity (Wildman–Crippen MR) is 79.0 cm³/mol. The molecule has 4 nitrogen and oxygen atoms in total. The molecule has 1 saturated carbocycles. The molecule has 0 aliphatic heterocycles. The van der Waals surface area contributed by atoms with E-state index in [9.17, 15) is 0 Å². The van der Waals surface area contributed by atoms with Crippen LogP contribution >= 0.6 is 0 Å². The molecule has 20 heavy (non-hydrogen) atoms. The monoisotopic (exact) mass is 274 g/mol. The van der Waals surface area contributed by atoms with Crippen LogP contribution in [0, 0.1) is 0 Å². The number of nitrogens with zero attached hydrogens (tertiary/aromatic N) is 1. The van der Waals surface area contributed by atoms with E-state index in [0.717, 1.165) is 35.6 Å². The lowest BCUT2D eigenvalue weighted by Crippen LogP contribution is -2.35. The van der Waals surface area contributed by atoms with Crippen LogP contribution in [0.25, 0.3) is 11.1 Å². The van der Waals surface area contributed by atoms with Gasteiger partial charge in [-0.05, 0) is 25.0 Å². The lowest BCUT2D eigenvalue weighted by atomic mass is 9.80. The van der Waals surface area contributed by atoms with Crippen LogP contribution in [-0.4, -0.2) is 18.6 Å². The quantitative estimate of drug-likeness (QED) is 0.871. The Balaban J connectivity index is 2.02. The van der Waals surface area contributed by atoms with Crippen molar-refractivity contribution in [2.24, 2.45) is 5.73 Å². The molecule has 3 rings (SSSR count). The maximum absolute atomic E-state index is 6.09. The van der Waals surface area contributed by atoms with Crippen LogP contribution in [-0.2, 0) is 5.41 Å². The Bertz CT molecular complexity index is 583. The molecule has 0 radical (unpaired) electrons. The maximum Gasteiger partial charge on any atom is 0.202 e. The van der Waals surface area contributed by atoms with Crippen molar-refractivity contribution < 1.29 is 9.15 Å². The van der Waals surface area contributed by atoms with Crippen LogP contribution in [0.2, 0.25) is 0 Å². The Morgan fingerprint density at radius 3 is 2.65 bits per heavy atom. The van der Waals surface area contributed by atoms with Crippen molar-refractivity contribution in [1.82, 2.24) is 4.98 Å². The van der Waals surface area contributed by atoms with Crippen molar-refractivity contribution in [3.05, 3.63) is 24.1 Å². The standard InChI is InChI=1S/C16H22N2O2/c1-19-12-6-7-14-13(10-12)18-15(20-14)16(11-17)8-4-2-3-5-9-16/h6-7,10H,2-5,8-9,11,17H2,1H3. The van der Waals surface area contributed by atoms with Gasteiger partial charge in [0.15, 0.2) is 5.58 Å². The molecule has 0 spiro atoms. The van der Waals surface area contributed by atoms with Gasteiger partial charge in [-0.2, -0.15) is 0 Å². The zero-order chi connectivity index (χ0) is 14.0. The molecule has 0 unspecified atom stereocenters. The Labute approximate surface area is 119 Å². The van der Waals surface area contributed by atoms with Gasteiger partial charge in [0, 0.05) is 12.6 Å². The van der Waals surface area contributed by atoms with Gasteiger partial charge in [-0.15, -0.1) is 0 Å². The second kappa shape index (κ2) is 5.44. The Morgan fingerprint density at radius 2 is 2.00 bits per heavy atom. The third-order valence-electron chi connectivity index (χ3n) is 4.50. The number of aromatic nitrogens is 1. The van der Waals surface area contributed by atoms with Crippen molar-refractivity contribution in [2.45, 2.75) is 43.9 Å². The van der Waals surface area contributed by atoms with Gasteiger partial charge >= 0.3 is 0 Å². The molecular formula is C16H22N2O2. The summed E-state index contributed by atoms with van der Waals surface area (Å²) >= 11 is 0. The van der Waals surface area contributed by atoms with Gasteiger partial charge in [0.1, 0.15) is 11.3 Å². The number of benzene rings is 1. The zero-order valence-corrected chi connectivity index (χ0v) is 12.0. The van der Waals surface area contributed by atoms with Crippen molar-refractivity contribution in [3.8, 4) is 5.75 Å². The van der Waals surface area contributed by atoms with Gasteiger partial charge < -0.3 is 14.9 Å². The Hall–Kier alpha value is -1.55. The molecule has 4 heteroatoms. The lowest BCUT2D eigenvalue weighted by Gasteiger charge is -2.27. The van der Waals surface area contributed by atoms with Crippen LogP contribution in [0.15, 0.2) is 22.6 Å². The first kappa shape index (κ1) is 13.4. The van der Waals surface area contributed by atoms with E-state index < -0.39 is 0 Å². The topological polar surface area (TPSA) is 61.3 Å². The molecule has 0 bridgehead atoms. The molecule has 1 aromatic heterocycles. The van der Waals surface area contributed by atoms with E-state index in [-0.39, 0.29) is 5.41 Å². The summed E-state index contributed by atoms with van der Waals surface area (Å²) in [6.45, 7) is 0.608. The Morgan fingerprint density at radius 1 is 1.25 bits per heavy atom. The molecule has 1 heterocycles. The van der Waals surface area contributed by atoms with E-state index in [1.165, 1.54) is 25.7 Å². The molecule has 0 atom stereocenters. The molecule has 108 valence electrons. The number of rotatable bonds is 3. The fraction of sp³-hybridized carbons (Fsp3) is 0.562. The number of oxazole rings is 1. The van der Waals surface area contributed by atoms with Crippen LogP contribution in [0.5, 0.6) is 5.75 Å². The molecular weight excluding hydrogens is 252 g/mol. The number of hydrogen-bond acceptors (Lipinski definition) is 4. The maximum atomic E-state index is 6.09. The highest BCUT2D eigenvalue weighted by Gasteiger charge is 2.36. The van der Waals surface area contributed by atoms with Crippen molar-refractivity contribution in [2.75, 3.05) is 13.7 Å². The van der Waals surface area contributed by atoms with E-state index >= 15 is 0 Å². The number of ether oxygens (including phenoxy) is 1. The Kier molecular flexibility index (Phi) is 3.66. The summed E-state index contributed by atoms with van der Waals surface area (Å²) in [4.78, 5) is 4.70. The summed E-state index contributed by atoms with van der Waals surface area (Å²) in [6, 6.07) is 5.74. The number of hydrogen-bond donors (Lipinski definition) is 1. The highest BCUT2D eigenvalue weighted by molar-refractivity contribution is 5.74. The third-order valence-corrected chi connectivity index (χ3v) is 4.50. The summed E-state index contributed by atoms with van der Waals surface area (Å²) in [5.74, 6) is 1.62. The van der Waals surface area contributed by atoms with Gasteiger partial charge in [-0.25, -0.2) is 4.98 Å². The molecule has 1 aliphatic carbocycles. The predicted octanol–water partition coefficient (Wildman–Crippen LogP) is 3.39. The van der Waals surface area contributed by atoms with E-state index in [4.69, 9.17) is 19.9 Å². The van der Waals surface area contributed by atoms with E-state index in [1.54, 1.807) is 7.11 Å². The highest BCUT2D eigenvalue weighted by Crippen LogP contribution is 2.38. The van der Waals surface area contributed by atoms with Crippen molar-refractivity contribution in [3.63, 3.8) is 0 Å². The normalized spacial score (nSPS) is 18.9. The first-order valence-corrected chi connectivity index (χ1v) is 7.42. The molecule has 1 fully saturated rings. The van der Waals surface area contributed by atoms with Crippen molar-refractivity contribution in [1.29, 1.82) is 0 Å². The minimum atomic E-state index is -0.0806. The van der Waals surface area contributed by atoms with Crippen LogP contribution in [0.1, 0.15) is 44.4 Å². The zero-order valence-electron chi connectivity index (χ0n) is 12.0. The molecule has 2 N–H and O–H groups in total. The van der Waals surface area contributed by atoms with E-state index in [2.05, 4.69) is 0 Å². The summed E-state index contributed by atoms with van der Waals surface area (Å²) in [5, 5.41) is 0. The number of nitrogens with two attached hydrogens (primary N) is 1. The average Bonchev–Trinajstić information content (AvgIpc) is 2.76. The van der Waals surface area contributed by atoms with Gasteiger partial charge in [0.25, 0.3) is 0 Å². The third kappa shape index (κ3) is 2.29. The van der Waals surface area contributed by atoms with E-state index in [0.29, 0.717) is 6.54 Å². The minimum absolute atomic E-state index is 0.0806. The fourth-order valence-corrected chi connectivity index (χ4v) is 3.17.